The molecule has 2 aromatic heterocycles. The molecule has 3 heteroatoms. The molecular formula is C26H20O3. The van der Waals surface area contributed by atoms with Gasteiger partial charge < -0.3 is 8.83 Å². The number of fused-ring (bicyclic) bond motifs is 4. The number of aryl methyl sites for hydroxylation is 1. The molecule has 0 spiro atoms. The van der Waals surface area contributed by atoms with Crippen LogP contribution in [-0.2, 0) is 6.42 Å². The number of para-hydroxylation sites is 1. The molecule has 0 aliphatic rings. The lowest BCUT2D eigenvalue weighted by atomic mass is 9.98. The van der Waals surface area contributed by atoms with Crippen LogP contribution in [0.3, 0.4) is 0 Å². The average Bonchev–Trinajstić information content (AvgIpc) is 3.11. The molecule has 5 rings (SSSR count). The largest absolute Gasteiger partial charge is 0.456 e. The predicted octanol–water partition coefficient (Wildman–Crippen LogP) is 6.95. The molecule has 0 N–H and O–H groups in total. The van der Waals surface area contributed by atoms with E-state index < -0.39 is 0 Å². The fraction of sp³-hybridized carbons (Fsp3) is 0.115. The fourth-order valence-electron chi connectivity index (χ4n) is 4.11. The van der Waals surface area contributed by atoms with Crippen molar-refractivity contribution in [1.29, 1.82) is 0 Å². The molecule has 0 saturated heterocycles. The highest BCUT2D eigenvalue weighted by atomic mass is 16.4. The third-order valence-electron chi connectivity index (χ3n) is 5.45. The number of allylic oxidation sites excluding steroid dienone is 1. The van der Waals surface area contributed by atoms with Gasteiger partial charge in [0.25, 0.3) is 0 Å². The molecule has 3 nitrogen and oxygen atoms in total. The summed E-state index contributed by atoms with van der Waals surface area (Å²) in [7, 11) is 0. The second-order valence-electron chi connectivity index (χ2n) is 7.13. The van der Waals surface area contributed by atoms with Gasteiger partial charge in [0.1, 0.15) is 16.9 Å². The minimum atomic E-state index is -0.308. The van der Waals surface area contributed by atoms with E-state index in [4.69, 9.17) is 8.83 Å². The first-order chi connectivity index (χ1) is 14.2. The van der Waals surface area contributed by atoms with Crippen LogP contribution < -0.4 is 5.63 Å². The third-order valence-corrected chi connectivity index (χ3v) is 5.45. The van der Waals surface area contributed by atoms with E-state index in [2.05, 4.69) is 31.2 Å². The molecule has 0 aliphatic heterocycles. The van der Waals surface area contributed by atoms with E-state index in [1.54, 1.807) is 6.07 Å². The van der Waals surface area contributed by atoms with Crippen LogP contribution >= 0.6 is 0 Å². The summed E-state index contributed by atoms with van der Waals surface area (Å²) in [4.78, 5) is 12.3. The summed E-state index contributed by atoms with van der Waals surface area (Å²) in [5.41, 5.74) is 4.46. The van der Waals surface area contributed by atoms with E-state index in [0.29, 0.717) is 11.0 Å². The standard InChI is InChI=1S/C26H20O3/c1-3-8-23-17(4-2)20-12-7-11-18(25(20)28-23)16-13-14-24-22(15-16)19-9-5-6-10-21(19)26(27)29-24/h3,5-15H,4H2,1-2H3/b8-3-. The molecule has 0 atom stereocenters. The second kappa shape index (κ2) is 6.78. The Balaban J connectivity index is 1.82. The summed E-state index contributed by atoms with van der Waals surface area (Å²) in [5.74, 6) is 0.912. The minimum Gasteiger partial charge on any atom is -0.456 e. The van der Waals surface area contributed by atoms with E-state index in [9.17, 15) is 4.79 Å². The van der Waals surface area contributed by atoms with Crippen LogP contribution in [0.2, 0.25) is 0 Å². The minimum absolute atomic E-state index is 0.308. The second-order valence-corrected chi connectivity index (χ2v) is 7.13. The smallest absolute Gasteiger partial charge is 0.344 e. The Kier molecular flexibility index (Phi) is 4.09. The highest BCUT2D eigenvalue weighted by Crippen LogP contribution is 2.36. The molecule has 0 aliphatic carbocycles. The van der Waals surface area contributed by atoms with Gasteiger partial charge in [-0.05, 0) is 48.6 Å². The molecule has 5 aromatic rings. The Morgan fingerprint density at radius 1 is 0.862 bits per heavy atom. The molecule has 0 amide bonds. The zero-order chi connectivity index (χ0) is 20.0. The predicted molar refractivity (Wildman–Crippen MR) is 119 cm³/mol. The Labute approximate surface area is 167 Å². The molecule has 3 aromatic carbocycles. The topological polar surface area (TPSA) is 43.4 Å². The monoisotopic (exact) mass is 380 g/mol. The van der Waals surface area contributed by atoms with Gasteiger partial charge in [0.05, 0.1) is 5.39 Å². The van der Waals surface area contributed by atoms with Gasteiger partial charge in [0, 0.05) is 21.9 Å². The Morgan fingerprint density at radius 2 is 1.66 bits per heavy atom. The normalized spacial score (nSPS) is 11.9. The SMILES string of the molecule is C/C=C\c1oc2c(-c3ccc4oc(=O)c5ccccc5c4c3)cccc2c1CC. The molecule has 2 heterocycles. The van der Waals surface area contributed by atoms with Gasteiger partial charge in [-0.1, -0.05) is 55.5 Å². The summed E-state index contributed by atoms with van der Waals surface area (Å²) in [6.45, 7) is 4.14. The number of hydrogen-bond acceptors (Lipinski definition) is 3. The Morgan fingerprint density at radius 3 is 2.45 bits per heavy atom. The Hall–Kier alpha value is -3.59. The van der Waals surface area contributed by atoms with Crippen molar-refractivity contribution in [2.24, 2.45) is 0 Å². The molecule has 0 unspecified atom stereocenters. The highest BCUT2D eigenvalue weighted by molar-refractivity contribution is 6.06. The summed E-state index contributed by atoms with van der Waals surface area (Å²) in [6, 6.07) is 19.8. The zero-order valence-electron chi connectivity index (χ0n) is 16.4. The summed E-state index contributed by atoms with van der Waals surface area (Å²) in [5, 5.41) is 3.56. The number of benzene rings is 3. The first kappa shape index (κ1) is 17.5. The average molecular weight is 380 g/mol. The van der Waals surface area contributed by atoms with Crippen LogP contribution in [0.5, 0.6) is 0 Å². The maximum atomic E-state index is 12.3. The van der Waals surface area contributed by atoms with Crippen molar-refractivity contribution in [3.8, 4) is 11.1 Å². The van der Waals surface area contributed by atoms with Crippen molar-refractivity contribution in [3.63, 3.8) is 0 Å². The van der Waals surface area contributed by atoms with Crippen LogP contribution in [0, 0.1) is 0 Å². The van der Waals surface area contributed by atoms with Crippen LogP contribution in [0.25, 0.3) is 49.9 Å². The van der Waals surface area contributed by atoms with Crippen molar-refractivity contribution in [3.05, 3.63) is 88.5 Å². The van der Waals surface area contributed by atoms with Gasteiger partial charge in [0.2, 0.25) is 0 Å². The highest BCUT2D eigenvalue weighted by Gasteiger charge is 2.16. The van der Waals surface area contributed by atoms with Crippen LogP contribution in [-0.4, -0.2) is 0 Å². The van der Waals surface area contributed by atoms with Crippen molar-refractivity contribution in [2.45, 2.75) is 20.3 Å². The van der Waals surface area contributed by atoms with Gasteiger partial charge in [-0.25, -0.2) is 4.79 Å². The first-order valence-corrected chi connectivity index (χ1v) is 9.84. The quantitative estimate of drug-likeness (QED) is 0.251. The Bertz CT molecular complexity index is 1460. The van der Waals surface area contributed by atoms with Crippen LogP contribution in [0.1, 0.15) is 25.2 Å². The lowest BCUT2D eigenvalue weighted by Gasteiger charge is -2.07. The van der Waals surface area contributed by atoms with Gasteiger partial charge in [-0.2, -0.15) is 0 Å². The maximum Gasteiger partial charge on any atom is 0.344 e. The zero-order valence-corrected chi connectivity index (χ0v) is 16.4. The van der Waals surface area contributed by atoms with Crippen molar-refractivity contribution in [1.82, 2.24) is 0 Å². The van der Waals surface area contributed by atoms with Crippen molar-refractivity contribution in [2.75, 3.05) is 0 Å². The molecule has 142 valence electrons. The molecule has 29 heavy (non-hydrogen) atoms. The van der Waals surface area contributed by atoms with E-state index in [0.717, 1.165) is 45.0 Å². The lowest BCUT2D eigenvalue weighted by Crippen LogP contribution is -1.99. The summed E-state index contributed by atoms with van der Waals surface area (Å²) in [6.07, 6.45) is 4.93. The van der Waals surface area contributed by atoms with Crippen molar-refractivity contribution < 1.29 is 8.83 Å². The van der Waals surface area contributed by atoms with Crippen molar-refractivity contribution >= 4 is 38.8 Å². The molecule has 0 saturated carbocycles. The molecule has 0 fully saturated rings. The van der Waals surface area contributed by atoms with Gasteiger partial charge in [-0.15, -0.1) is 0 Å². The lowest BCUT2D eigenvalue weighted by molar-refractivity contribution is 0.569. The summed E-state index contributed by atoms with van der Waals surface area (Å²) >= 11 is 0. The fourth-order valence-corrected chi connectivity index (χ4v) is 4.11. The van der Waals surface area contributed by atoms with E-state index in [-0.39, 0.29) is 5.63 Å². The van der Waals surface area contributed by atoms with E-state index in [1.165, 1.54) is 5.56 Å². The molecule has 0 bridgehead atoms. The van der Waals surface area contributed by atoms with E-state index in [1.807, 2.05) is 49.4 Å². The number of hydrogen-bond donors (Lipinski definition) is 0. The van der Waals surface area contributed by atoms with Gasteiger partial charge >= 0.3 is 5.63 Å². The molecule has 0 radical (unpaired) electrons. The van der Waals surface area contributed by atoms with Crippen LogP contribution in [0.4, 0.5) is 0 Å². The van der Waals surface area contributed by atoms with Gasteiger partial charge in [0.15, 0.2) is 0 Å². The van der Waals surface area contributed by atoms with Crippen LogP contribution in [0.15, 0.2) is 80.4 Å². The maximum absolute atomic E-state index is 12.3. The summed E-state index contributed by atoms with van der Waals surface area (Å²) < 4.78 is 11.8. The number of furan rings is 1. The third kappa shape index (κ3) is 2.70. The van der Waals surface area contributed by atoms with Gasteiger partial charge in [-0.3, -0.25) is 0 Å². The number of rotatable bonds is 3. The molecular weight excluding hydrogens is 360 g/mol. The van der Waals surface area contributed by atoms with E-state index >= 15 is 0 Å². The first-order valence-electron chi connectivity index (χ1n) is 9.84.